The van der Waals surface area contributed by atoms with Gasteiger partial charge in [-0.25, -0.2) is 23.3 Å². The molecule has 3 amide bonds. The number of para-hydroxylation sites is 1. The number of nitrogens with one attached hydrogen (secondary N) is 1. The molecule has 3 aliphatic rings. The summed E-state index contributed by atoms with van der Waals surface area (Å²) in [6, 6.07) is 10.6. The standard InChI is InChI=1S/C27H31F2N3O4.ClH/c1-35-25-5-3-2-4-21(25)17-6-9-20(10-7-17)31-13-12-19(15-31)30-26(33)32-24(16-36-27(32)34)18-8-11-22(28)23(29)14-18;/h2-5,8,11,14,17,19-20,24H,6-7,9-10,12-13,15-16H2,1H3,(H,30,33);1H/t17?,19-,20?,24-;/m1./s1. The maximum atomic E-state index is 13.7. The minimum Gasteiger partial charge on any atom is -0.496 e. The number of rotatable bonds is 5. The van der Waals surface area contributed by atoms with E-state index in [0.29, 0.717) is 24.1 Å². The predicted molar refractivity (Wildman–Crippen MR) is 136 cm³/mol. The van der Waals surface area contributed by atoms with E-state index in [-0.39, 0.29) is 25.1 Å². The van der Waals surface area contributed by atoms with Crippen LogP contribution in [0.15, 0.2) is 42.5 Å². The van der Waals surface area contributed by atoms with E-state index in [1.807, 2.05) is 12.1 Å². The molecule has 3 fully saturated rings. The number of urea groups is 1. The van der Waals surface area contributed by atoms with Gasteiger partial charge in [0.2, 0.25) is 0 Å². The highest BCUT2D eigenvalue weighted by Gasteiger charge is 2.41. The number of imide groups is 1. The first-order chi connectivity index (χ1) is 17.4. The van der Waals surface area contributed by atoms with Crippen LogP contribution < -0.4 is 10.1 Å². The van der Waals surface area contributed by atoms with E-state index in [2.05, 4.69) is 22.3 Å². The van der Waals surface area contributed by atoms with Crippen LogP contribution >= 0.6 is 12.4 Å². The number of nitrogens with zero attached hydrogens (tertiary/aromatic N) is 2. The Balaban J connectivity index is 0.00000320. The smallest absolute Gasteiger partial charge is 0.418 e. The van der Waals surface area contributed by atoms with Crippen LogP contribution in [0.1, 0.15) is 55.2 Å². The molecule has 0 aromatic heterocycles. The molecule has 37 heavy (non-hydrogen) atoms. The number of hydrogen-bond donors (Lipinski definition) is 1. The van der Waals surface area contributed by atoms with Crippen LogP contribution in [0.2, 0.25) is 0 Å². The lowest BCUT2D eigenvalue weighted by molar-refractivity contribution is 0.155. The summed E-state index contributed by atoms with van der Waals surface area (Å²) in [4.78, 5) is 28.7. The van der Waals surface area contributed by atoms with Crippen LogP contribution in [0.25, 0.3) is 0 Å². The Morgan fingerprint density at radius 1 is 1.05 bits per heavy atom. The van der Waals surface area contributed by atoms with Crippen LogP contribution in [0, 0.1) is 11.6 Å². The molecule has 0 bridgehead atoms. The van der Waals surface area contributed by atoms with Crippen LogP contribution in [-0.4, -0.2) is 60.8 Å². The summed E-state index contributed by atoms with van der Waals surface area (Å²) in [7, 11) is 1.71. The molecule has 1 saturated carbocycles. The number of carbonyl (C=O) groups excluding carboxylic acids is 2. The van der Waals surface area contributed by atoms with Crippen LogP contribution in [0.3, 0.4) is 0 Å². The third-order valence-corrected chi connectivity index (χ3v) is 7.76. The Hall–Kier alpha value is -2.91. The van der Waals surface area contributed by atoms with Gasteiger partial charge >= 0.3 is 12.1 Å². The molecule has 1 N–H and O–H groups in total. The molecule has 2 saturated heterocycles. The molecule has 7 nitrogen and oxygen atoms in total. The van der Waals surface area contributed by atoms with Crippen molar-refractivity contribution in [1.82, 2.24) is 15.1 Å². The third kappa shape index (κ3) is 5.67. The molecular weight excluding hydrogens is 504 g/mol. The zero-order valence-electron chi connectivity index (χ0n) is 20.7. The first kappa shape index (κ1) is 27.1. The number of methoxy groups -OCH3 is 1. The minimum atomic E-state index is -1.03. The van der Waals surface area contributed by atoms with E-state index in [9.17, 15) is 18.4 Å². The SMILES string of the molecule is COc1ccccc1C1CCC(N2CC[C@@H](NC(=O)N3C(=O)OC[C@@H]3c3ccc(F)c(F)c3)C2)CC1.Cl. The number of cyclic esters (lactones) is 1. The van der Waals surface area contributed by atoms with Gasteiger partial charge in [-0.1, -0.05) is 24.3 Å². The Morgan fingerprint density at radius 3 is 2.54 bits per heavy atom. The van der Waals surface area contributed by atoms with Gasteiger partial charge in [-0.2, -0.15) is 0 Å². The predicted octanol–water partition coefficient (Wildman–Crippen LogP) is 5.40. The summed E-state index contributed by atoms with van der Waals surface area (Å²) in [5.74, 6) is -0.570. The zero-order chi connectivity index (χ0) is 25.2. The molecule has 2 aliphatic heterocycles. The van der Waals surface area contributed by atoms with Gasteiger partial charge in [0.1, 0.15) is 18.4 Å². The summed E-state index contributed by atoms with van der Waals surface area (Å²) in [6.45, 7) is 1.50. The van der Waals surface area contributed by atoms with Gasteiger partial charge in [-0.3, -0.25) is 4.90 Å². The maximum absolute atomic E-state index is 13.7. The summed E-state index contributed by atoms with van der Waals surface area (Å²) < 4.78 is 37.7. The fraction of sp³-hybridized carbons (Fsp3) is 0.481. The second-order valence-corrected chi connectivity index (χ2v) is 9.81. The van der Waals surface area contributed by atoms with Crippen LogP contribution in [0.5, 0.6) is 5.75 Å². The molecular formula is C27H32ClF2N3O4. The average Bonchev–Trinajstić information content (AvgIpc) is 3.52. The fourth-order valence-corrected chi connectivity index (χ4v) is 5.85. The van der Waals surface area contributed by atoms with Crippen molar-refractivity contribution in [3.8, 4) is 5.75 Å². The minimum absolute atomic E-state index is 0. The van der Waals surface area contributed by atoms with E-state index in [1.54, 1.807) is 7.11 Å². The highest BCUT2D eigenvalue weighted by Crippen LogP contribution is 2.39. The van der Waals surface area contributed by atoms with Crippen molar-refractivity contribution in [3.63, 3.8) is 0 Å². The van der Waals surface area contributed by atoms with Crippen molar-refractivity contribution in [3.05, 3.63) is 65.2 Å². The average molecular weight is 536 g/mol. The highest BCUT2D eigenvalue weighted by molar-refractivity contribution is 5.92. The second-order valence-electron chi connectivity index (χ2n) is 9.81. The highest BCUT2D eigenvalue weighted by atomic mass is 35.5. The molecule has 10 heteroatoms. The van der Waals surface area contributed by atoms with Crippen molar-refractivity contribution in [2.75, 3.05) is 26.8 Å². The maximum Gasteiger partial charge on any atom is 0.418 e. The number of hydrogen-bond acceptors (Lipinski definition) is 5. The number of benzene rings is 2. The number of likely N-dealkylation sites (tertiary alicyclic amines) is 1. The number of amides is 3. The molecule has 200 valence electrons. The van der Waals surface area contributed by atoms with E-state index in [0.717, 1.165) is 61.4 Å². The lowest BCUT2D eigenvalue weighted by atomic mass is 9.81. The lowest BCUT2D eigenvalue weighted by Crippen LogP contribution is -2.47. The monoisotopic (exact) mass is 535 g/mol. The van der Waals surface area contributed by atoms with Gasteiger partial charge in [0.25, 0.3) is 0 Å². The van der Waals surface area contributed by atoms with E-state index in [4.69, 9.17) is 9.47 Å². The van der Waals surface area contributed by atoms with Gasteiger partial charge in [-0.05, 0) is 67.3 Å². The van der Waals surface area contributed by atoms with Gasteiger partial charge in [0.15, 0.2) is 11.6 Å². The summed E-state index contributed by atoms with van der Waals surface area (Å²) >= 11 is 0. The largest absolute Gasteiger partial charge is 0.496 e. The number of ether oxygens (including phenoxy) is 2. The summed E-state index contributed by atoms with van der Waals surface area (Å²) in [5.41, 5.74) is 1.59. The van der Waals surface area contributed by atoms with E-state index < -0.39 is 29.8 Å². The van der Waals surface area contributed by atoms with Crippen molar-refractivity contribution in [1.29, 1.82) is 0 Å². The van der Waals surface area contributed by atoms with Gasteiger partial charge in [-0.15, -0.1) is 12.4 Å². The molecule has 2 aromatic rings. The summed E-state index contributed by atoms with van der Waals surface area (Å²) in [5, 5.41) is 2.96. The van der Waals surface area contributed by atoms with Gasteiger partial charge < -0.3 is 14.8 Å². The molecule has 1 aliphatic carbocycles. The van der Waals surface area contributed by atoms with Crippen molar-refractivity contribution < 1.29 is 27.8 Å². The Labute approximate surface area is 221 Å². The second kappa shape index (κ2) is 11.6. The topological polar surface area (TPSA) is 71.1 Å². The van der Waals surface area contributed by atoms with Crippen molar-refractivity contribution in [2.24, 2.45) is 0 Å². The Morgan fingerprint density at radius 2 is 1.81 bits per heavy atom. The third-order valence-electron chi connectivity index (χ3n) is 7.76. The first-order valence-electron chi connectivity index (χ1n) is 12.5. The molecule has 0 unspecified atom stereocenters. The van der Waals surface area contributed by atoms with E-state index >= 15 is 0 Å². The molecule has 5 rings (SSSR count). The van der Waals surface area contributed by atoms with Crippen LogP contribution in [0.4, 0.5) is 18.4 Å². The molecule has 2 atom stereocenters. The number of carbonyl (C=O) groups is 2. The molecule has 2 aromatic carbocycles. The Bertz CT molecular complexity index is 1130. The first-order valence-corrected chi connectivity index (χ1v) is 12.5. The summed E-state index contributed by atoms with van der Waals surface area (Å²) in [6.07, 6.45) is 4.35. The lowest BCUT2D eigenvalue weighted by Gasteiger charge is -2.35. The van der Waals surface area contributed by atoms with Gasteiger partial charge in [0.05, 0.1) is 7.11 Å². The zero-order valence-corrected chi connectivity index (χ0v) is 21.5. The van der Waals surface area contributed by atoms with Crippen molar-refractivity contribution >= 4 is 24.5 Å². The van der Waals surface area contributed by atoms with Crippen LogP contribution in [-0.2, 0) is 4.74 Å². The molecule has 0 spiro atoms. The van der Waals surface area contributed by atoms with Crippen molar-refractivity contribution in [2.45, 2.75) is 56.1 Å². The number of halogens is 3. The quantitative estimate of drug-likeness (QED) is 0.555. The van der Waals surface area contributed by atoms with E-state index in [1.165, 1.54) is 11.6 Å². The molecule has 0 radical (unpaired) electrons. The Kier molecular flexibility index (Phi) is 8.54. The fourth-order valence-electron chi connectivity index (χ4n) is 5.85. The van der Waals surface area contributed by atoms with Gasteiger partial charge in [0, 0.05) is 25.2 Å². The molecule has 2 heterocycles. The normalized spacial score (nSPS) is 25.9.